The third-order valence-corrected chi connectivity index (χ3v) is 3.74. The molecule has 0 atom stereocenters. The smallest absolute Gasteiger partial charge is 0.186 e. The van der Waals surface area contributed by atoms with Crippen LogP contribution in [-0.4, -0.2) is 0 Å². The van der Waals surface area contributed by atoms with Crippen molar-refractivity contribution >= 4 is 37.5 Å². The molecule has 0 saturated carbocycles. The molecule has 1 heterocycles. The zero-order valence-electron chi connectivity index (χ0n) is 7.67. The lowest BCUT2D eigenvalue weighted by atomic mass is 10.3. The van der Waals surface area contributed by atoms with E-state index in [1.54, 1.807) is 0 Å². The quantitative estimate of drug-likeness (QED) is 0.690. The first-order valence-corrected chi connectivity index (χ1v) is 5.92. The Morgan fingerprint density at radius 3 is 2.92 bits per heavy atom. The zero-order chi connectivity index (χ0) is 9.42. The monoisotopic (exact) mass is 256 g/mol. The molecule has 1 aromatic carbocycles. The maximum Gasteiger partial charge on any atom is 0.235 e. The number of aromatic nitrogens is 1. The topological polar surface area (TPSA) is 3.88 Å². The summed E-state index contributed by atoms with van der Waals surface area (Å²) in [4.78, 5) is 0. The lowest BCUT2D eigenvalue weighted by molar-refractivity contribution is -0.669. The largest absolute Gasteiger partial charge is 0.235 e. The second kappa shape index (κ2) is 3.39. The van der Waals surface area contributed by atoms with Gasteiger partial charge in [-0.05, 0) is 19.1 Å². The average Bonchev–Trinajstić information content (AvgIpc) is 2.40. The van der Waals surface area contributed by atoms with Crippen LogP contribution in [0.25, 0.3) is 10.2 Å². The molecule has 0 spiro atoms. The van der Waals surface area contributed by atoms with E-state index in [0.717, 1.165) is 11.0 Å². The minimum absolute atomic E-state index is 1.04. The summed E-state index contributed by atoms with van der Waals surface area (Å²) >= 11 is 5.35. The van der Waals surface area contributed by atoms with Gasteiger partial charge in [0, 0.05) is 17.5 Å². The van der Waals surface area contributed by atoms with Crippen LogP contribution in [0.2, 0.25) is 0 Å². The number of aryl methyl sites for hydroxylation is 2. The van der Waals surface area contributed by atoms with Gasteiger partial charge in [-0.2, -0.15) is 4.57 Å². The van der Waals surface area contributed by atoms with Crippen LogP contribution in [0.1, 0.15) is 11.9 Å². The van der Waals surface area contributed by atoms with Crippen molar-refractivity contribution in [3.63, 3.8) is 0 Å². The van der Waals surface area contributed by atoms with Gasteiger partial charge in [-0.1, -0.05) is 27.3 Å². The lowest BCUT2D eigenvalue weighted by Crippen LogP contribution is -2.33. The normalized spacial score (nSPS) is 11.0. The first kappa shape index (κ1) is 9.16. The van der Waals surface area contributed by atoms with E-state index in [1.165, 1.54) is 15.2 Å². The Morgan fingerprint density at radius 1 is 1.46 bits per heavy atom. The Labute approximate surface area is 90.1 Å². The maximum atomic E-state index is 3.50. The Balaban J connectivity index is 2.80. The van der Waals surface area contributed by atoms with Gasteiger partial charge in [-0.15, -0.1) is 0 Å². The van der Waals surface area contributed by atoms with E-state index in [2.05, 4.69) is 52.5 Å². The second-order valence-corrected chi connectivity index (χ2v) is 5.13. The summed E-state index contributed by atoms with van der Waals surface area (Å²) in [5.74, 6) is 0. The Bertz CT molecular complexity index is 447. The molecule has 0 saturated heterocycles. The fourth-order valence-electron chi connectivity index (χ4n) is 1.56. The average molecular weight is 257 g/mol. The van der Waals surface area contributed by atoms with Crippen molar-refractivity contribution in [2.45, 2.75) is 20.4 Å². The Kier molecular flexibility index (Phi) is 2.39. The van der Waals surface area contributed by atoms with E-state index in [-0.39, 0.29) is 0 Å². The molecule has 1 aromatic heterocycles. The van der Waals surface area contributed by atoms with Gasteiger partial charge in [0.15, 0.2) is 0 Å². The van der Waals surface area contributed by atoms with Crippen molar-refractivity contribution in [1.82, 2.24) is 0 Å². The molecule has 68 valence electrons. The number of benzene rings is 1. The maximum absolute atomic E-state index is 3.50. The van der Waals surface area contributed by atoms with Crippen LogP contribution in [0.3, 0.4) is 0 Å². The first-order chi connectivity index (χ1) is 6.22. The molecular formula is C10H11BrNS+. The fourth-order valence-corrected chi connectivity index (χ4v) is 2.98. The fraction of sp³-hybridized carbons (Fsp3) is 0.300. The van der Waals surface area contributed by atoms with Crippen LogP contribution >= 0.6 is 27.3 Å². The highest BCUT2D eigenvalue weighted by atomic mass is 79.9. The third kappa shape index (κ3) is 1.51. The zero-order valence-corrected chi connectivity index (χ0v) is 10.1. The van der Waals surface area contributed by atoms with Crippen molar-refractivity contribution in [3.05, 3.63) is 27.7 Å². The van der Waals surface area contributed by atoms with Crippen LogP contribution in [0.5, 0.6) is 0 Å². The molecule has 0 amide bonds. The number of fused-ring (bicyclic) bond motifs is 1. The van der Waals surface area contributed by atoms with Crippen molar-refractivity contribution < 1.29 is 4.57 Å². The lowest BCUT2D eigenvalue weighted by Gasteiger charge is -1.91. The van der Waals surface area contributed by atoms with Gasteiger partial charge in [-0.25, -0.2) is 0 Å². The van der Waals surface area contributed by atoms with Crippen LogP contribution in [0, 0.1) is 6.92 Å². The van der Waals surface area contributed by atoms with E-state index in [4.69, 9.17) is 0 Å². The predicted molar refractivity (Wildman–Crippen MR) is 60.1 cm³/mol. The molecule has 1 nitrogen and oxygen atoms in total. The summed E-state index contributed by atoms with van der Waals surface area (Å²) in [6, 6.07) is 6.45. The molecule has 0 aliphatic rings. The van der Waals surface area contributed by atoms with Gasteiger partial charge < -0.3 is 0 Å². The standard InChI is InChI=1S/C10H11BrNS/c1-3-12-7(2)13-10-5-4-8(11)6-9(10)12/h4-6H,3H2,1-2H3/q+1. The number of hydrogen-bond acceptors (Lipinski definition) is 1. The molecule has 3 heteroatoms. The molecule has 0 bridgehead atoms. The molecule has 0 radical (unpaired) electrons. The van der Waals surface area contributed by atoms with Crippen LogP contribution in [0.4, 0.5) is 0 Å². The number of halogens is 1. The van der Waals surface area contributed by atoms with E-state index in [1.807, 2.05) is 11.3 Å². The molecule has 13 heavy (non-hydrogen) atoms. The van der Waals surface area contributed by atoms with Gasteiger partial charge in [0.2, 0.25) is 10.5 Å². The van der Waals surface area contributed by atoms with E-state index in [0.29, 0.717) is 0 Å². The predicted octanol–water partition coefficient (Wildman–Crippen LogP) is 3.28. The van der Waals surface area contributed by atoms with Gasteiger partial charge >= 0.3 is 0 Å². The Hall–Kier alpha value is -0.410. The number of nitrogens with zero attached hydrogens (tertiary/aromatic N) is 1. The molecule has 2 aromatic rings. The Morgan fingerprint density at radius 2 is 2.23 bits per heavy atom. The van der Waals surface area contributed by atoms with Gasteiger partial charge in [0.1, 0.15) is 11.2 Å². The van der Waals surface area contributed by atoms with Gasteiger partial charge in [0.25, 0.3) is 0 Å². The summed E-state index contributed by atoms with van der Waals surface area (Å²) in [5, 5.41) is 1.37. The summed E-state index contributed by atoms with van der Waals surface area (Å²) in [6.45, 7) is 5.39. The van der Waals surface area contributed by atoms with E-state index < -0.39 is 0 Å². The van der Waals surface area contributed by atoms with Crippen molar-refractivity contribution in [3.8, 4) is 0 Å². The highest BCUT2D eigenvalue weighted by molar-refractivity contribution is 9.10. The van der Waals surface area contributed by atoms with Crippen molar-refractivity contribution in [1.29, 1.82) is 0 Å². The summed E-state index contributed by atoms with van der Waals surface area (Å²) < 4.78 is 4.85. The highest BCUT2D eigenvalue weighted by Gasteiger charge is 2.14. The molecule has 0 unspecified atom stereocenters. The number of hydrogen-bond donors (Lipinski definition) is 0. The van der Waals surface area contributed by atoms with Crippen molar-refractivity contribution in [2.24, 2.45) is 0 Å². The van der Waals surface area contributed by atoms with Crippen LogP contribution in [0.15, 0.2) is 22.7 Å². The molecule has 0 aliphatic carbocycles. The first-order valence-electron chi connectivity index (χ1n) is 4.31. The minimum atomic E-state index is 1.04. The van der Waals surface area contributed by atoms with Gasteiger partial charge in [0.05, 0.1) is 0 Å². The molecule has 0 N–H and O–H groups in total. The van der Waals surface area contributed by atoms with E-state index in [9.17, 15) is 0 Å². The highest BCUT2D eigenvalue weighted by Crippen LogP contribution is 2.23. The molecule has 0 fully saturated rings. The molecule has 2 rings (SSSR count). The van der Waals surface area contributed by atoms with Crippen molar-refractivity contribution in [2.75, 3.05) is 0 Å². The molecule has 0 aliphatic heterocycles. The number of thiazole rings is 1. The summed E-state index contributed by atoms with van der Waals surface area (Å²) in [7, 11) is 0. The van der Waals surface area contributed by atoms with Crippen LogP contribution < -0.4 is 4.57 Å². The van der Waals surface area contributed by atoms with Gasteiger partial charge in [-0.3, -0.25) is 0 Å². The second-order valence-electron chi connectivity index (χ2n) is 2.98. The van der Waals surface area contributed by atoms with E-state index >= 15 is 0 Å². The van der Waals surface area contributed by atoms with Crippen LogP contribution in [-0.2, 0) is 6.54 Å². The summed E-state index contributed by atoms with van der Waals surface area (Å²) in [5.41, 5.74) is 1.33. The number of rotatable bonds is 1. The third-order valence-electron chi connectivity index (χ3n) is 2.17. The SMILES string of the molecule is CC[n+]1c(C)sc2ccc(Br)cc21. The minimum Gasteiger partial charge on any atom is -0.186 e. The summed E-state index contributed by atoms with van der Waals surface area (Å²) in [6.07, 6.45) is 0. The molecular weight excluding hydrogens is 246 g/mol.